The highest BCUT2D eigenvalue weighted by molar-refractivity contribution is 5.79. The number of hydrogen-bond donors (Lipinski definition) is 1. The number of amides is 1. The first kappa shape index (κ1) is 15.9. The van der Waals surface area contributed by atoms with Crippen LogP contribution in [-0.2, 0) is 11.2 Å². The molecule has 1 saturated heterocycles. The highest BCUT2D eigenvalue weighted by Gasteiger charge is 2.24. The Morgan fingerprint density at radius 3 is 2.19 bits per heavy atom. The number of nitrogens with zero attached hydrogens (tertiary/aromatic N) is 1. The van der Waals surface area contributed by atoms with E-state index < -0.39 is 17.6 Å². The fraction of sp³-hybridized carbons (Fsp3) is 0.562. The van der Waals surface area contributed by atoms with Gasteiger partial charge in [-0.2, -0.15) is 0 Å². The van der Waals surface area contributed by atoms with Crippen molar-refractivity contribution in [2.45, 2.75) is 32.1 Å². The molecule has 1 aromatic carbocycles. The summed E-state index contributed by atoms with van der Waals surface area (Å²) in [5.74, 6) is -1.65. The highest BCUT2D eigenvalue weighted by atomic mass is 19.1. The van der Waals surface area contributed by atoms with Crippen LogP contribution in [-0.4, -0.2) is 30.4 Å². The minimum atomic E-state index is -0.622. The second kappa shape index (κ2) is 7.50. The fourth-order valence-electron chi connectivity index (χ4n) is 2.83. The van der Waals surface area contributed by atoms with Crippen LogP contribution in [0.15, 0.2) is 18.2 Å². The zero-order chi connectivity index (χ0) is 15.2. The third-order valence-corrected chi connectivity index (χ3v) is 3.96. The number of carbonyl (C=O) groups excluding carboxylic acids is 1. The average Bonchev–Trinajstić information content (AvgIpc) is 2.72. The van der Waals surface area contributed by atoms with Gasteiger partial charge in [0.15, 0.2) is 0 Å². The summed E-state index contributed by atoms with van der Waals surface area (Å²) >= 11 is 0. The molecule has 0 aromatic heterocycles. The van der Waals surface area contributed by atoms with Crippen molar-refractivity contribution in [2.24, 2.45) is 11.7 Å². The van der Waals surface area contributed by atoms with Crippen molar-refractivity contribution in [3.8, 4) is 0 Å². The van der Waals surface area contributed by atoms with Gasteiger partial charge >= 0.3 is 0 Å². The number of halogens is 2. The van der Waals surface area contributed by atoms with E-state index in [0.29, 0.717) is 5.56 Å². The highest BCUT2D eigenvalue weighted by Crippen LogP contribution is 2.17. The Labute approximate surface area is 124 Å². The van der Waals surface area contributed by atoms with Gasteiger partial charge < -0.3 is 10.6 Å². The number of likely N-dealkylation sites (tertiary alicyclic amines) is 1. The van der Waals surface area contributed by atoms with Crippen molar-refractivity contribution in [3.63, 3.8) is 0 Å². The van der Waals surface area contributed by atoms with Gasteiger partial charge in [-0.25, -0.2) is 8.78 Å². The zero-order valence-electron chi connectivity index (χ0n) is 12.2. The molecule has 3 nitrogen and oxygen atoms in total. The van der Waals surface area contributed by atoms with E-state index in [1.807, 2.05) is 4.90 Å². The van der Waals surface area contributed by atoms with Gasteiger partial charge in [-0.15, -0.1) is 0 Å². The second-order valence-corrected chi connectivity index (χ2v) is 5.65. The Morgan fingerprint density at radius 2 is 1.67 bits per heavy atom. The van der Waals surface area contributed by atoms with Gasteiger partial charge in [0.25, 0.3) is 0 Å². The molecule has 1 amide bonds. The molecule has 1 fully saturated rings. The lowest BCUT2D eigenvalue weighted by Gasteiger charge is -2.25. The maximum atomic E-state index is 13.2. The summed E-state index contributed by atoms with van der Waals surface area (Å²) in [6.07, 6.45) is 4.59. The van der Waals surface area contributed by atoms with Gasteiger partial charge in [0.1, 0.15) is 11.6 Å². The second-order valence-electron chi connectivity index (χ2n) is 5.65. The molecule has 0 bridgehead atoms. The quantitative estimate of drug-likeness (QED) is 0.928. The first-order chi connectivity index (χ1) is 10.1. The van der Waals surface area contributed by atoms with E-state index in [0.717, 1.165) is 44.8 Å². The Balaban J connectivity index is 2.05. The minimum absolute atomic E-state index is 0.00377. The summed E-state index contributed by atoms with van der Waals surface area (Å²) < 4.78 is 26.5. The summed E-state index contributed by atoms with van der Waals surface area (Å²) in [4.78, 5) is 14.4. The number of nitrogens with two attached hydrogens (primary N) is 1. The van der Waals surface area contributed by atoms with Crippen molar-refractivity contribution in [1.82, 2.24) is 4.90 Å². The molecule has 2 N–H and O–H groups in total. The van der Waals surface area contributed by atoms with E-state index in [4.69, 9.17) is 5.73 Å². The molecular formula is C16H22F2N2O. The van der Waals surface area contributed by atoms with Gasteiger partial charge in [0.2, 0.25) is 5.91 Å². The normalized spacial score (nSPS) is 17.4. The standard InChI is InChI=1S/C16H22F2N2O/c17-14-8-12(9-15(18)10-14)7-13(11-19)16(21)20-5-3-1-2-4-6-20/h8-10,13H,1-7,11,19H2. The van der Waals surface area contributed by atoms with Crippen molar-refractivity contribution in [3.05, 3.63) is 35.4 Å². The maximum absolute atomic E-state index is 13.2. The predicted molar refractivity (Wildman–Crippen MR) is 77.7 cm³/mol. The van der Waals surface area contributed by atoms with Crippen LogP contribution in [0.4, 0.5) is 8.78 Å². The number of rotatable bonds is 4. The lowest BCUT2D eigenvalue weighted by Crippen LogP contribution is -2.40. The Morgan fingerprint density at radius 1 is 1.10 bits per heavy atom. The molecule has 0 spiro atoms. The van der Waals surface area contributed by atoms with Crippen LogP contribution < -0.4 is 5.73 Å². The van der Waals surface area contributed by atoms with E-state index in [1.54, 1.807) is 0 Å². The van der Waals surface area contributed by atoms with Crippen molar-refractivity contribution < 1.29 is 13.6 Å². The first-order valence-corrected chi connectivity index (χ1v) is 7.54. The molecule has 5 heteroatoms. The van der Waals surface area contributed by atoms with Gasteiger partial charge in [-0.3, -0.25) is 4.79 Å². The number of hydrogen-bond acceptors (Lipinski definition) is 2. The van der Waals surface area contributed by atoms with Crippen molar-refractivity contribution in [2.75, 3.05) is 19.6 Å². The Bertz CT molecular complexity index is 465. The predicted octanol–water partition coefficient (Wildman–Crippen LogP) is 2.48. The molecule has 0 aliphatic carbocycles. The van der Waals surface area contributed by atoms with Gasteiger partial charge in [-0.1, -0.05) is 12.8 Å². The first-order valence-electron chi connectivity index (χ1n) is 7.54. The molecule has 1 aliphatic heterocycles. The molecule has 1 atom stereocenters. The van der Waals surface area contributed by atoms with E-state index >= 15 is 0 Å². The van der Waals surface area contributed by atoms with Gasteiger partial charge in [0, 0.05) is 25.7 Å². The molecule has 21 heavy (non-hydrogen) atoms. The van der Waals surface area contributed by atoms with Crippen LogP contribution in [0.5, 0.6) is 0 Å². The number of carbonyl (C=O) groups is 1. The van der Waals surface area contributed by atoms with Gasteiger partial charge in [0.05, 0.1) is 5.92 Å². The molecule has 1 aliphatic rings. The third-order valence-electron chi connectivity index (χ3n) is 3.96. The Kier molecular flexibility index (Phi) is 5.67. The van der Waals surface area contributed by atoms with E-state index in [9.17, 15) is 13.6 Å². The molecule has 1 aromatic rings. The molecule has 0 radical (unpaired) electrons. The maximum Gasteiger partial charge on any atom is 0.227 e. The van der Waals surface area contributed by atoms with Crippen molar-refractivity contribution >= 4 is 5.91 Å². The van der Waals surface area contributed by atoms with Crippen LogP contribution in [0, 0.1) is 17.6 Å². The van der Waals surface area contributed by atoms with Crippen LogP contribution in [0.1, 0.15) is 31.2 Å². The molecule has 0 saturated carbocycles. The summed E-state index contributed by atoms with van der Waals surface area (Å²) in [6, 6.07) is 3.36. The molecule has 116 valence electrons. The Hall–Kier alpha value is -1.49. The van der Waals surface area contributed by atoms with Crippen LogP contribution >= 0.6 is 0 Å². The monoisotopic (exact) mass is 296 g/mol. The SMILES string of the molecule is NCC(Cc1cc(F)cc(F)c1)C(=O)N1CCCCCC1. The van der Waals surface area contributed by atoms with Crippen LogP contribution in [0.3, 0.4) is 0 Å². The van der Waals surface area contributed by atoms with Crippen LogP contribution in [0.25, 0.3) is 0 Å². The van der Waals surface area contributed by atoms with E-state index in [1.165, 1.54) is 12.1 Å². The smallest absolute Gasteiger partial charge is 0.227 e. The van der Waals surface area contributed by atoms with E-state index in [-0.39, 0.29) is 18.9 Å². The summed E-state index contributed by atoms with van der Waals surface area (Å²) in [5, 5.41) is 0. The van der Waals surface area contributed by atoms with E-state index in [2.05, 4.69) is 0 Å². The molecular weight excluding hydrogens is 274 g/mol. The third kappa shape index (κ3) is 4.49. The lowest BCUT2D eigenvalue weighted by atomic mass is 9.97. The largest absolute Gasteiger partial charge is 0.342 e. The summed E-state index contributed by atoms with van der Waals surface area (Å²) in [6.45, 7) is 1.70. The fourth-order valence-corrected chi connectivity index (χ4v) is 2.83. The minimum Gasteiger partial charge on any atom is -0.342 e. The van der Waals surface area contributed by atoms with Crippen molar-refractivity contribution in [1.29, 1.82) is 0 Å². The molecule has 1 unspecified atom stereocenters. The zero-order valence-corrected chi connectivity index (χ0v) is 12.2. The lowest BCUT2D eigenvalue weighted by molar-refractivity contribution is -0.135. The summed E-state index contributed by atoms with van der Waals surface area (Å²) in [7, 11) is 0. The van der Waals surface area contributed by atoms with Gasteiger partial charge in [-0.05, 0) is 37.0 Å². The topological polar surface area (TPSA) is 46.3 Å². The number of benzene rings is 1. The average molecular weight is 296 g/mol. The summed E-state index contributed by atoms with van der Waals surface area (Å²) in [5.41, 5.74) is 6.19. The van der Waals surface area contributed by atoms with Crippen LogP contribution in [0.2, 0.25) is 0 Å². The molecule has 1 heterocycles. The molecule has 2 rings (SSSR count).